The maximum absolute atomic E-state index is 12.1. The molecule has 2 heterocycles. The summed E-state index contributed by atoms with van der Waals surface area (Å²) in [5.41, 5.74) is 1.96. The molecule has 224 valence electrons. The van der Waals surface area contributed by atoms with E-state index in [0.29, 0.717) is 22.6 Å². The highest BCUT2D eigenvalue weighted by atomic mass is 32.2. The highest BCUT2D eigenvalue weighted by Gasteiger charge is 2.12. The van der Waals surface area contributed by atoms with Crippen molar-refractivity contribution in [3.05, 3.63) is 84.4 Å². The fourth-order valence-corrected chi connectivity index (χ4v) is 4.06. The molecule has 4 rings (SSSR count). The molecule has 0 saturated heterocycles. The van der Waals surface area contributed by atoms with Gasteiger partial charge in [0, 0.05) is 20.9 Å². The highest BCUT2D eigenvalue weighted by Crippen LogP contribution is 2.28. The number of oxime groups is 2. The Morgan fingerprint density at radius 1 is 0.698 bits per heavy atom. The van der Waals surface area contributed by atoms with Crippen molar-refractivity contribution < 1.29 is 39.0 Å². The number of carbonyl (C=O) groups excluding carboxylic acids is 2. The molecular weight excluding hydrogens is 584 g/mol. The Labute approximate surface area is 248 Å². The Morgan fingerprint density at radius 3 is 1.47 bits per heavy atom. The minimum absolute atomic E-state index is 0.000795. The molecule has 0 unspecified atom stereocenters. The molecular formula is C26H26N8O8S. The standard InChI is InChI=1S/C26H26N8O8S/c35-13-15-39-17-23(29-41-25(37)33-11-9-27-31-33)19-1-5-21(6-2-19)43-22-7-3-20(4-8-22)24(18-40-16-14-36)30-42-26(38)34-12-10-28-32-34/h1-12,35-36H,13-18H2/b29-23+,30-24+. The first-order valence-electron chi connectivity index (χ1n) is 12.6. The first-order chi connectivity index (χ1) is 21.1. The zero-order valence-corrected chi connectivity index (χ0v) is 23.3. The second-order valence-electron chi connectivity index (χ2n) is 8.19. The molecule has 16 nitrogen and oxygen atoms in total. The van der Waals surface area contributed by atoms with Gasteiger partial charge < -0.3 is 19.7 Å². The summed E-state index contributed by atoms with van der Waals surface area (Å²) in [7, 11) is 0. The molecule has 0 saturated carbocycles. The number of aromatic nitrogens is 6. The van der Waals surface area contributed by atoms with Crippen LogP contribution in [-0.4, -0.2) is 103 Å². The van der Waals surface area contributed by atoms with E-state index in [1.807, 2.05) is 24.3 Å². The second-order valence-corrected chi connectivity index (χ2v) is 9.34. The number of benzene rings is 2. The number of carbonyl (C=O) groups is 2. The number of hydrogen-bond donors (Lipinski definition) is 2. The summed E-state index contributed by atoms with van der Waals surface area (Å²) in [5.74, 6) is 0. The molecule has 2 N–H and O–H groups in total. The molecule has 0 bridgehead atoms. The molecule has 17 heteroatoms. The van der Waals surface area contributed by atoms with E-state index in [0.717, 1.165) is 19.2 Å². The van der Waals surface area contributed by atoms with Gasteiger partial charge in [-0.25, -0.2) is 9.59 Å². The summed E-state index contributed by atoms with van der Waals surface area (Å²) < 4.78 is 12.5. The van der Waals surface area contributed by atoms with Crippen LogP contribution in [0.25, 0.3) is 0 Å². The SMILES string of the molecule is O=C(O/N=C(\COCCO)c1ccc(Sc2ccc(/C(COCCO)=N/OC(=O)n3ccnn3)cc2)cc1)n1ccnn1. The van der Waals surface area contributed by atoms with Crippen LogP contribution in [-0.2, 0) is 19.1 Å². The van der Waals surface area contributed by atoms with Gasteiger partial charge in [0.05, 0.1) is 64.4 Å². The van der Waals surface area contributed by atoms with Gasteiger partial charge in [0.15, 0.2) is 0 Å². The largest absolute Gasteiger partial charge is 0.462 e. The first kappa shape index (κ1) is 31.1. The Bertz CT molecular complexity index is 1380. The van der Waals surface area contributed by atoms with E-state index >= 15 is 0 Å². The van der Waals surface area contributed by atoms with Crippen LogP contribution in [0.3, 0.4) is 0 Å². The van der Waals surface area contributed by atoms with Crippen molar-refractivity contribution in [2.24, 2.45) is 10.3 Å². The van der Waals surface area contributed by atoms with Crippen LogP contribution in [0, 0.1) is 0 Å². The highest BCUT2D eigenvalue weighted by molar-refractivity contribution is 7.99. The van der Waals surface area contributed by atoms with Crippen molar-refractivity contribution in [2.75, 3.05) is 39.6 Å². The number of nitrogens with zero attached hydrogens (tertiary/aromatic N) is 8. The number of aliphatic hydroxyl groups excluding tert-OH is 2. The van der Waals surface area contributed by atoms with Gasteiger partial charge in [-0.3, -0.25) is 9.68 Å². The first-order valence-corrected chi connectivity index (χ1v) is 13.4. The van der Waals surface area contributed by atoms with Gasteiger partial charge in [0.25, 0.3) is 0 Å². The van der Waals surface area contributed by atoms with Crippen molar-refractivity contribution in [3.8, 4) is 0 Å². The molecule has 43 heavy (non-hydrogen) atoms. The van der Waals surface area contributed by atoms with E-state index in [9.17, 15) is 9.59 Å². The summed E-state index contributed by atoms with van der Waals surface area (Å²) in [5, 5.41) is 40.1. The Morgan fingerprint density at radius 2 is 1.12 bits per heavy atom. The van der Waals surface area contributed by atoms with E-state index < -0.39 is 12.2 Å². The Hall–Kier alpha value is -4.81. The van der Waals surface area contributed by atoms with E-state index in [1.54, 1.807) is 24.3 Å². The van der Waals surface area contributed by atoms with Gasteiger partial charge in [-0.05, 0) is 24.3 Å². The van der Waals surface area contributed by atoms with Gasteiger partial charge in [0.1, 0.15) is 11.4 Å². The zero-order chi connectivity index (χ0) is 30.3. The summed E-state index contributed by atoms with van der Waals surface area (Å²) in [6.45, 7) is -0.165. The van der Waals surface area contributed by atoms with Gasteiger partial charge in [-0.2, -0.15) is 9.36 Å². The van der Waals surface area contributed by atoms with Crippen LogP contribution < -0.4 is 0 Å². The molecule has 0 spiro atoms. The molecule has 0 amide bonds. The number of ether oxygens (including phenoxy) is 2. The molecule has 0 radical (unpaired) electrons. The molecule has 0 fully saturated rings. The monoisotopic (exact) mass is 610 g/mol. The van der Waals surface area contributed by atoms with E-state index in [2.05, 4.69) is 30.9 Å². The predicted octanol–water partition coefficient (Wildman–Crippen LogP) is 1.82. The van der Waals surface area contributed by atoms with Crippen LogP contribution in [0.2, 0.25) is 0 Å². The summed E-state index contributed by atoms with van der Waals surface area (Å²) >= 11 is 1.49. The molecule has 0 aliphatic heterocycles. The smallest absolute Gasteiger partial charge is 0.394 e. The third-order valence-corrected chi connectivity index (χ3v) is 6.26. The van der Waals surface area contributed by atoms with Gasteiger partial charge in [-0.15, -0.1) is 10.2 Å². The lowest BCUT2D eigenvalue weighted by Crippen LogP contribution is -2.17. The maximum Gasteiger partial charge on any atom is 0.462 e. The lowest BCUT2D eigenvalue weighted by atomic mass is 10.1. The van der Waals surface area contributed by atoms with Gasteiger partial charge in [0.2, 0.25) is 0 Å². The Kier molecular flexibility index (Phi) is 12.0. The predicted molar refractivity (Wildman–Crippen MR) is 150 cm³/mol. The molecule has 4 aromatic rings. The average molecular weight is 611 g/mol. The fraction of sp³-hybridized carbons (Fsp3) is 0.231. The van der Waals surface area contributed by atoms with Gasteiger partial charge >= 0.3 is 12.2 Å². The van der Waals surface area contributed by atoms with Crippen LogP contribution >= 0.6 is 11.8 Å². The van der Waals surface area contributed by atoms with Crippen LogP contribution in [0.5, 0.6) is 0 Å². The zero-order valence-electron chi connectivity index (χ0n) is 22.5. The quantitative estimate of drug-likeness (QED) is 0.0908. The van der Waals surface area contributed by atoms with Crippen molar-refractivity contribution >= 4 is 35.4 Å². The molecule has 2 aromatic heterocycles. The van der Waals surface area contributed by atoms with Crippen LogP contribution in [0.15, 0.2) is 93.4 Å². The van der Waals surface area contributed by atoms with E-state index in [-0.39, 0.29) is 39.6 Å². The van der Waals surface area contributed by atoms with Crippen LogP contribution in [0.1, 0.15) is 11.1 Å². The Balaban J connectivity index is 1.42. The van der Waals surface area contributed by atoms with Crippen molar-refractivity contribution in [3.63, 3.8) is 0 Å². The minimum Gasteiger partial charge on any atom is -0.394 e. The minimum atomic E-state index is -0.839. The number of aliphatic hydroxyl groups is 2. The van der Waals surface area contributed by atoms with Crippen molar-refractivity contribution in [1.82, 2.24) is 30.0 Å². The summed E-state index contributed by atoms with van der Waals surface area (Å²) in [6, 6.07) is 14.7. The number of hydrogen-bond acceptors (Lipinski definition) is 15. The average Bonchev–Trinajstić information content (AvgIpc) is 3.77. The third-order valence-electron chi connectivity index (χ3n) is 5.25. The molecule has 0 atom stereocenters. The van der Waals surface area contributed by atoms with Crippen LogP contribution in [0.4, 0.5) is 9.59 Å². The second kappa shape index (κ2) is 16.6. The third kappa shape index (κ3) is 9.62. The lowest BCUT2D eigenvalue weighted by Gasteiger charge is -2.09. The van der Waals surface area contributed by atoms with Crippen molar-refractivity contribution in [2.45, 2.75) is 9.79 Å². The molecule has 0 aliphatic rings. The van der Waals surface area contributed by atoms with E-state index in [1.165, 1.54) is 36.5 Å². The normalized spacial score (nSPS) is 11.9. The summed E-state index contributed by atoms with van der Waals surface area (Å²) in [4.78, 5) is 35.9. The topological polar surface area (TPSA) is 198 Å². The fourth-order valence-electron chi connectivity index (χ4n) is 3.24. The summed E-state index contributed by atoms with van der Waals surface area (Å²) in [6.07, 6.45) is 3.64. The van der Waals surface area contributed by atoms with Gasteiger partial charge in [-0.1, -0.05) is 56.8 Å². The van der Waals surface area contributed by atoms with Crippen molar-refractivity contribution in [1.29, 1.82) is 0 Å². The number of rotatable bonds is 14. The molecule has 2 aromatic carbocycles. The lowest BCUT2D eigenvalue weighted by molar-refractivity contribution is 0.114. The molecule has 0 aliphatic carbocycles. The van der Waals surface area contributed by atoms with E-state index in [4.69, 9.17) is 29.4 Å². The maximum atomic E-state index is 12.1.